The van der Waals surface area contributed by atoms with Crippen LogP contribution in [0.1, 0.15) is 6.23 Å². The molecule has 2 aromatic heterocycles. The van der Waals surface area contributed by atoms with E-state index in [0.29, 0.717) is 0 Å². The summed E-state index contributed by atoms with van der Waals surface area (Å²) < 4.78 is 50.7. The van der Waals surface area contributed by atoms with E-state index in [1.165, 1.54) is 10.9 Å². The lowest BCUT2D eigenvalue weighted by atomic mass is 10.1. The number of hydrogen-bond donors (Lipinski definition) is 3. The topological polar surface area (TPSA) is 175 Å². The van der Waals surface area contributed by atoms with Gasteiger partial charge in [0.2, 0.25) is 19.0 Å². The molecule has 1 aliphatic rings. The average Bonchev–Trinajstić information content (AvgIpc) is 3.40. The molecule has 1 saturated heterocycles. The van der Waals surface area contributed by atoms with Crippen LogP contribution in [-0.2, 0) is 19.1 Å². The molecule has 0 bridgehead atoms. The van der Waals surface area contributed by atoms with Gasteiger partial charge in [-0.15, -0.1) is 0 Å². The highest BCUT2D eigenvalue weighted by atomic mass is 19.4. The molecule has 3 N–H and O–H groups in total. The SMILES string of the molecule is C=Nc1nc2c(ncn2C2OC(CO)C(O)C2OCC(=O)[N+](=C)CC[N+](=C)C(=O)C(F)(F)F)c(=O)[nH]1. The molecule has 14 nitrogen and oxygen atoms in total. The Morgan fingerprint density at radius 1 is 1.31 bits per heavy atom. The van der Waals surface area contributed by atoms with Gasteiger partial charge >= 0.3 is 18.0 Å². The van der Waals surface area contributed by atoms with Gasteiger partial charge in [-0.3, -0.25) is 14.3 Å². The number of ether oxygens (including phenoxy) is 2. The Hall–Kier alpha value is -3.67. The van der Waals surface area contributed by atoms with Crippen molar-refractivity contribution in [2.45, 2.75) is 30.7 Å². The zero-order chi connectivity index (χ0) is 26.8. The number of imidazole rings is 1. The lowest BCUT2D eigenvalue weighted by molar-refractivity contribution is -0.520. The number of aliphatic imine (C=N–C) groups is 1. The molecular formula is C19H22F3N7O7+2. The number of aromatic amines is 1. The minimum absolute atomic E-state index is 0.000482. The number of nitrogens with one attached hydrogen (secondary N) is 1. The van der Waals surface area contributed by atoms with E-state index in [4.69, 9.17) is 9.47 Å². The summed E-state index contributed by atoms with van der Waals surface area (Å²) >= 11 is 0. The van der Waals surface area contributed by atoms with Crippen molar-refractivity contribution in [3.8, 4) is 0 Å². The highest BCUT2D eigenvalue weighted by Gasteiger charge is 2.48. The number of rotatable bonds is 9. The van der Waals surface area contributed by atoms with Gasteiger partial charge in [-0.05, 0) is 6.72 Å². The zero-order valence-corrected chi connectivity index (χ0v) is 18.6. The first kappa shape index (κ1) is 26.9. The first-order valence-electron chi connectivity index (χ1n) is 10.2. The van der Waals surface area contributed by atoms with Crippen LogP contribution >= 0.6 is 0 Å². The second-order valence-corrected chi connectivity index (χ2v) is 7.61. The summed E-state index contributed by atoms with van der Waals surface area (Å²) in [5.41, 5.74) is -0.708. The number of halogens is 3. The second kappa shape index (κ2) is 10.5. The number of alkyl halides is 3. The Morgan fingerprint density at radius 2 is 1.97 bits per heavy atom. The van der Waals surface area contributed by atoms with E-state index >= 15 is 0 Å². The number of aromatic nitrogens is 4. The molecule has 3 heterocycles. The normalized spacial score (nSPS) is 22.0. The molecule has 4 unspecified atom stereocenters. The Morgan fingerprint density at radius 3 is 2.58 bits per heavy atom. The number of H-pyrrole nitrogens is 1. The maximum atomic E-state index is 12.4. The van der Waals surface area contributed by atoms with E-state index < -0.39 is 74.4 Å². The van der Waals surface area contributed by atoms with E-state index in [1.54, 1.807) is 0 Å². The summed E-state index contributed by atoms with van der Waals surface area (Å²) in [5, 5.41) is 20.1. The summed E-state index contributed by atoms with van der Waals surface area (Å²) in [5.74, 6) is -3.10. The van der Waals surface area contributed by atoms with Gasteiger partial charge in [-0.2, -0.15) is 27.3 Å². The van der Waals surface area contributed by atoms with Gasteiger partial charge in [0, 0.05) is 0 Å². The third-order valence-corrected chi connectivity index (χ3v) is 5.26. The largest absolute Gasteiger partial charge is 0.521 e. The van der Waals surface area contributed by atoms with Gasteiger partial charge in [0.15, 0.2) is 24.0 Å². The lowest BCUT2D eigenvalue weighted by Crippen LogP contribution is -2.40. The van der Waals surface area contributed by atoms with E-state index in [9.17, 15) is 37.8 Å². The Balaban J connectivity index is 1.73. The molecule has 0 aromatic carbocycles. The molecule has 0 saturated carbocycles. The van der Waals surface area contributed by atoms with Crippen molar-refractivity contribution in [2.24, 2.45) is 4.99 Å². The van der Waals surface area contributed by atoms with Crippen LogP contribution in [-0.4, -0.2) is 122 Å². The van der Waals surface area contributed by atoms with Crippen molar-refractivity contribution >= 4 is 49.1 Å². The van der Waals surface area contributed by atoms with Gasteiger partial charge in [0.25, 0.3) is 5.56 Å². The third-order valence-electron chi connectivity index (χ3n) is 5.26. The zero-order valence-electron chi connectivity index (χ0n) is 18.6. The summed E-state index contributed by atoms with van der Waals surface area (Å²) in [7, 11) is 0. The van der Waals surface area contributed by atoms with Crippen molar-refractivity contribution in [3.63, 3.8) is 0 Å². The Kier molecular flexibility index (Phi) is 7.87. The lowest BCUT2D eigenvalue weighted by Gasteiger charge is -2.21. The van der Waals surface area contributed by atoms with Crippen molar-refractivity contribution in [2.75, 3.05) is 26.3 Å². The quantitative estimate of drug-likeness (QED) is 0.254. The molecule has 2 amide bonds. The third kappa shape index (κ3) is 5.43. The molecule has 36 heavy (non-hydrogen) atoms. The number of hydrogen-bond acceptors (Lipinski definition) is 10. The fourth-order valence-electron chi connectivity index (χ4n) is 3.35. The number of aliphatic hydroxyl groups excluding tert-OH is 2. The Labute approximate surface area is 199 Å². The van der Waals surface area contributed by atoms with E-state index in [2.05, 4.69) is 40.1 Å². The minimum Gasteiger partial charge on any atom is -0.394 e. The summed E-state index contributed by atoms with van der Waals surface area (Å²) in [6.07, 6.45) is -8.95. The highest BCUT2D eigenvalue weighted by Crippen LogP contribution is 2.33. The number of fused-ring (bicyclic) bond motifs is 1. The fraction of sp³-hybridized carbons (Fsp3) is 0.474. The number of aliphatic hydroxyl groups is 2. The monoisotopic (exact) mass is 517 g/mol. The molecule has 0 radical (unpaired) electrons. The fourth-order valence-corrected chi connectivity index (χ4v) is 3.35. The number of carbonyl (C=O) groups excluding carboxylic acids is 2. The number of amides is 2. The second-order valence-electron chi connectivity index (χ2n) is 7.61. The van der Waals surface area contributed by atoms with Gasteiger partial charge < -0.3 is 19.7 Å². The smallest absolute Gasteiger partial charge is 0.394 e. The van der Waals surface area contributed by atoms with E-state index in [0.717, 1.165) is 4.58 Å². The molecule has 0 spiro atoms. The number of carbonyl (C=O) groups is 2. The van der Waals surface area contributed by atoms with Gasteiger partial charge in [-0.25, -0.2) is 19.6 Å². The first-order valence-corrected chi connectivity index (χ1v) is 10.2. The van der Waals surface area contributed by atoms with Crippen LogP contribution in [0.2, 0.25) is 0 Å². The Bertz CT molecular complexity index is 1270. The van der Waals surface area contributed by atoms with E-state index in [1.807, 2.05) is 0 Å². The molecule has 2 aromatic rings. The van der Waals surface area contributed by atoms with Crippen molar-refractivity contribution in [3.05, 3.63) is 16.7 Å². The van der Waals surface area contributed by atoms with Gasteiger partial charge in [-0.1, -0.05) is 0 Å². The predicted octanol–water partition coefficient (Wildman–Crippen LogP) is -1.87. The maximum Gasteiger partial charge on any atom is 0.521 e. The summed E-state index contributed by atoms with van der Waals surface area (Å²) in [6, 6.07) is 0. The average molecular weight is 517 g/mol. The predicted molar refractivity (Wildman–Crippen MR) is 115 cm³/mol. The minimum atomic E-state index is -5.11. The maximum absolute atomic E-state index is 12.4. The van der Waals surface area contributed by atoms with Crippen LogP contribution in [0, 0.1) is 0 Å². The molecule has 4 atom stereocenters. The van der Waals surface area contributed by atoms with Crippen molar-refractivity contribution in [1.82, 2.24) is 19.5 Å². The standard InChI is InChI=1S/C19H21F3N7O7/c1-23-18-25-14-11(15(33)26-18)24-8-29(14)16-13(12(32)9(6-30)36-16)35-7-10(31)27(2)4-5-28(3)17(34)19(20,21)22/h8-9,12-13,16,30,32H,1-7H2/q+1/p+1. The van der Waals surface area contributed by atoms with Crippen molar-refractivity contribution < 1.29 is 51.6 Å². The molecule has 194 valence electrons. The van der Waals surface area contributed by atoms with Crippen LogP contribution in [0.3, 0.4) is 0 Å². The van der Waals surface area contributed by atoms with Crippen LogP contribution in [0.15, 0.2) is 16.1 Å². The summed E-state index contributed by atoms with van der Waals surface area (Å²) in [6.45, 7) is 7.43. The van der Waals surface area contributed by atoms with Crippen LogP contribution in [0.4, 0.5) is 19.1 Å². The van der Waals surface area contributed by atoms with Gasteiger partial charge in [0.1, 0.15) is 31.7 Å². The molecule has 3 rings (SSSR count). The molecule has 0 aliphatic carbocycles. The molecule has 1 aliphatic heterocycles. The molecule has 17 heteroatoms. The molecular weight excluding hydrogens is 495 g/mol. The highest BCUT2D eigenvalue weighted by molar-refractivity contribution is 5.75. The van der Waals surface area contributed by atoms with Crippen LogP contribution in [0.5, 0.6) is 0 Å². The van der Waals surface area contributed by atoms with E-state index in [-0.39, 0.29) is 21.7 Å². The number of nitrogens with zero attached hydrogens (tertiary/aromatic N) is 6. The van der Waals surface area contributed by atoms with Gasteiger partial charge in [0.05, 0.1) is 12.9 Å². The molecule has 1 fully saturated rings. The first-order chi connectivity index (χ1) is 16.9. The van der Waals surface area contributed by atoms with Crippen LogP contribution in [0.25, 0.3) is 11.2 Å². The van der Waals surface area contributed by atoms with Crippen LogP contribution < -0.4 is 5.56 Å². The van der Waals surface area contributed by atoms with Crippen molar-refractivity contribution in [1.29, 1.82) is 0 Å². The summed E-state index contributed by atoms with van der Waals surface area (Å²) in [4.78, 5) is 49.7.